The molecule has 2 aliphatic rings. The van der Waals surface area contributed by atoms with E-state index in [0.29, 0.717) is 17.6 Å². The van der Waals surface area contributed by atoms with Gasteiger partial charge in [0, 0.05) is 6.42 Å². The summed E-state index contributed by atoms with van der Waals surface area (Å²) in [6, 6.07) is 0. The minimum absolute atomic E-state index is 0.0873. The van der Waals surface area contributed by atoms with Crippen molar-refractivity contribution < 1.29 is 24.5 Å². The number of hydrogen-bond donors (Lipinski definition) is 2. The lowest BCUT2D eigenvalue weighted by Crippen LogP contribution is -2.27. The first-order valence-electron chi connectivity index (χ1n) is 5.20. The SMILES string of the molecule is CC1=C2CC(C)OC=C2C(=O)C(C(=O)O)=C1O. The molecule has 0 spiro atoms. The van der Waals surface area contributed by atoms with Crippen molar-refractivity contribution in [2.75, 3.05) is 0 Å². The van der Waals surface area contributed by atoms with Crippen LogP contribution in [0.25, 0.3) is 0 Å². The fourth-order valence-electron chi connectivity index (χ4n) is 2.02. The number of allylic oxidation sites excluding steroid dienone is 2. The number of hydrogen-bond acceptors (Lipinski definition) is 4. The van der Waals surface area contributed by atoms with E-state index in [2.05, 4.69) is 0 Å². The van der Waals surface area contributed by atoms with Crippen LogP contribution in [0.3, 0.4) is 0 Å². The normalized spacial score (nSPS) is 24.2. The molecule has 0 aromatic heterocycles. The first kappa shape index (κ1) is 11.4. The second kappa shape index (κ2) is 3.76. The van der Waals surface area contributed by atoms with Gasteiger partial charge in [-0.25, -0.2) is 4.79 Å². The number of rotatable bonds is 1. The van der Waals surface area contributed by atoms with Crippen LogP contribution in [-0.2, 0) is 14.3 Å². The number of ether oxygens (including phenoxy) is 1. The number of carboxylic acid groups (broad SMARTS) is 1. The zero-order valence-corrected chi connectivity index (χ0v) is 9.48. The van der Waals surface area contributed by atoms with E-state index >= 15 is 0 Å². The Bertz CT molecular complexity index is 507. The number of carbonyl (C=O) groups is 2. The molecule has 0 radical (unpaired) electrons. The van der Waals surface area contributed by atoms with E-state index < -0.39 is 23.1 Å². The van der Waals surface area contributed by atoms with E-state index in [1.54, 1.807) is 6.92 Å². The van der Waals surface area contributed by atoms with Gasteiger partial charge in [-0.2, -0.15) is 0 Å². The molecule has 1 unspecified atom stereocenters. The molecule has 0 aromatic carbocycles. The summed E-state index contributed by atoms with van der Waals surface area (Å²) in [5, 5.41) is 18.7. The van der Waals surface area contributed by atoms with Crippen molar-refractivity contribution in [2.45, 2.75) is 26.4 Å². The van der Waals surface area contributed by atoms with Gasteiger partial charge in [-0.3, -0.25) is 4.79 Å². The summed E-state index contributed by atoms with van der Waals surface area (Å²) in [6.07, 6.45) is 1.68. The Labute approximate surface area is 97.7 Å². The van der Waals surface area contributed by atoms with E-state index in [1.807, 2.05) is 6.92 Å². The number of aliphatic carboxylic acids is 1. The minimum Gasteiger partial charge on any atom is -0.507 e. The van der Waals surface area contributed by atoms with Crippen LogP contribution >= 0.6 is 0 Å². The van der Waals surface area contributed by atoms with Crippen molar-refractivity contribution in [3.05, 3.63) is 34.3 Å². The van der Waals surface area contributed by atoms with Crippen molar-refractivity contribution in [3.63, 3.8) is 0 Å². The second-order valence-corrected chi connectivity index (χ2v) is 4.14. The van der Waals surface area contributed by atoms with Crippen molar-refractivity contribution in [1.82, 2.24) is 0 Å². The molecule has 0 fully saturated rings. The topological polar surface area (TPSA) is 83.8 Å². The van der Waals surface area contributed by atoms with E-state index in [0.717, 1.165) is 0 Å². The zero-order chi connectivity index (χ0) is 12.7. The van der Waals surface area contributed by atoms with Gasteiger partial charge in [-0.05, 0) is 25.0 Å². The Morgan fingerprint density at radius 3 is 2.76 bits per heavy atom. The van der Waals surface area contributed by atoms with Gasteiger partial charge in [-0.15, -0.1) is 0 Å². The van der Waals surface area contributed by atoms with Gasteiger partial charge in [-0.1, -0.05) is 0 Å². The van der Waals surface area contributed by atoms with Crippen molar-refractivity contribution in [3.8, 4) is 0 Å². The molecule has 0 bridgehead atoms. The van der Waals surface area contributed by atoms with Gasteiger partial charge in [0.2, 0.25) is 5.78 Å². The van der Waals surface area contributed by atoms with Gasteiger partial charge in [0.05, 0.1) is 17.9 Å². The molecule has 0 saturated carbocycles. The molecule has 2 N–H and O–H groups in total. The van der Waals surface area contributed by atoms with Crippen LogP contribution in [0.2, 0.25) is 0 Å². The molecule has 0 saturated heterocycles. The summed E-state index contributed by atoms with van der Waals surface area (Å²) in [5.41, 5.74) is 0.742. The van der Waals surface area contributed by atoms with Gasteiger partial charge in [0.15, 0.2) is 0 Å². The molecule has 1 aliphatic heterocycles. The summed E-state index contributed by atoms with van der Waals surface area (Å²) in [7, 11) is 0. The van der Waals surface area contributed by atoms with E-state index in [4.69, 9.17) is 9.84 Å². The smallest absolute Gasteiger partial charge is 0.343 e. The third kappa shape index (κ3) is 1.63. The predicted octanol–water partition coefficient (Wildman–Crippen LogP) is 1.48. The molecule has 1 heterocycles. The van der Waals surface area contributed by atoms with Gasteiger partial charge in [0.25, 0.3) is 0 Å². The first-order chi connectivity index (χ1) is 7.93. The average molecular weight is 236 g/mol. The Kier molecular flexibility index (Phi) is 2.53. The summed E-state index contributed by atoms with van der Waals surface area (Å²) in [4.78, 5) is 22.8. The van der Waals surface area contributed by atoms with Crippen LogP contribution in [0.4, 0.5) is 0 Å². The van der Waals surface area contributed by atoms with E-state index in [1.165, 1.54) is 6.26 Å². The molecule has 5 nitrogen and oxygen atoms in total. The molecule has 0 amide bonds. The van der Waals surface area contributed by atoms with Crippen molar-refractivity contribution in [1.29, 1.82) is 0 Å². The lowest BCUT2D eigenvalue weighted by atomic mass is 9.83. The maximum atomic E-state index is 11.9. The van der Waals surface area contributed by atoms with Crippen LogP contribution in [0.15, 0.2) is 34.3 Å². The third-order valence-electron chi connectivity index (χ3n) is 2.97. The maximum Gasteiger partial charge on any atom is 0.343 e. The van der Waals surface area contributed by atoms with E-state index in [9.17, 15) is 14.7 Å². The largest absolute Gasteiger partial charge is 0.507 e. The number of aliphatic hydroxyl groups is 1. The summed E-state index contributed by atoms with van der Waals surface area (Å²) >= 11 is 0. The van der Waals surface area contributed by atoms with Crippen LogP contribution < -0.4 is 0 Å². The molecular formula is C12H12O5. The average Bonchev–Trinajstić information content (AvgIpc) is 2.25. The van der Waals surface area contributed by atoms with Gasteiger partial charge >= 0.3 is 5.97 Å². The highest BCUT2D eigenvalue weighted by Gasteiger charge is 2.36. The molecule has 1 aliphatic carbocycles. The highest BCUT2D eigenvalue weighted by molar-refractivity contribution is 6.26. The summed E-state index contributed by atoms with van der Waals surface area (Å²) in [6.45, 7) is 3.44. The Balaban J connectivity index is 2.63. The molecule has 90 valence electrons. The Hall–Kier alpha value is -2.04. The summed E-state index contributed by atoms with van der Waals surface area (Å²) in [5.74, 6) is -2.56. The molecule has 5 heteroatoms. The third-order valence-corrected chi connectivity index (χ3v) is 2.97. The molecule has 0 aromatic rings. The molecular weight excluding hydrogens is 224 g/mol. The fraction of sp³-hybridized carbons (Fsp3) is 0.333. The molecule has 2 rings (SSSR count). The monoisotopic (exact) mass is 236 g/mol. The highest BCUT2D eigenvalue weighted by Crippen LogP contribution is 2.36. The Morgan fingerprint density at radius 1 is 1.53 bits per heavy atom. The van der Waals surface area contributed by atoms with E-state index in [-0.39, 0.29) is 11.7 Å². The standard InChI is InChI=1S/C12H12O5/c1-5-3-7-6(2)10(13)9(12(15)16)11(14)8(7)4-17-5/h4-5,13H,3H2,1-2H3,(H,15,16). The number of carbonyl (C=O) groups excluding carboxylic acids is 1. The highest BCUT2D eigenvalue weighted by atomic mass is 16.5. The lowest BCUT2D eigenvalue weighted by molar-refractivity contribution is -0.134. The van der Waals surface area contributed by atoms with Crippen LogP contribution in [-0.4, -0.2) is 28.1 Å². The number of aliphatic hydroxyl groups excluding tert-OH is 1. The van der Waals surface area contributed by atoms with Crippen molar-refractivity contribution >= 4 is 11.8 Å². The molecule has 17 heavy (non-hydrogen) atoms. The quantitative estimate of drug-likeness (QED) is 0.673. The fourth-order valence-corrected chi connectivity index (χ4v) is 2.02. The number of Topliss-reactive ketones (excluding diaryl/α,β-unsaturated/α-hetero) is 1. The van der Waals surface area contributed by atoms with Gasteiger partial charge < -0.3 is 14.9 Å². The number of carboxylic acids is 1. The van der Waals surface area contributed by atoms with Gasteiger partial charge in [0.1, 0.15) is 11.3 Å². The zero-order valence-electron chi connectivity index (χ0n) is 9.48. The number of fused-ring (bicyclic) bond motifs is 1. The predicted molar refractivity (Wildman–Crippen MR) is 58.2 cm³/mol. The first-order valence-corrected chi connectivity index (χ1v) is 5.20. The Morgan fingerprint density at radius 2 is 2.18 bits per heavy atom. The molecule has 1 atom stereocenters. The second-order valence-electron chi connectivity index (χ2n) is 4.14. The number of ketones is 1. The van der Waals surface area contributed by atoms with Crippen LogP contribution in [0, 0.1) is 0 Å². The van der Waals surface area contributed by atoms with Crippen molar-refractivity contribution in [2.24, 2.45) is 0 Å². The minimum atomic E-state index is -1.43. The van der Waals surface area contributed by atoms with Crippen LogP contribution in [0.5, 0.6) is 0 Å². The lowest BCUT2D eigenvalue weighted by Gasteiger charge is -2.27. The van der Waals surface area contributed by atoms with Crippen LogP contribution in [0.1, 0.15) is 20.3 Å². The maximum absolute atomic E-state index is 11.9. The summed E-state index contributed by atoms with van der Waals surface area (Å²) < 4.78 is 5.22.